The number of aromatic nitrogens is 1. The standard InChI is InChI=1S/C22H20N2O6S/c1-14-3-5-16(6-4-14)21(25)19-20(15-7-9-17(28-2)10-8-15)24-30-22(19)31(26,27)13-18-23-11-12-29-18/h3-10H,11-13H2,1-2H3. The Morgan fingerprint density at radius 2 is 1.81 bits per heavy atom. The molecule has 160 valence electrons. The third kappa shape index (κ3) is 4.22. The minimum atomic E-state index is -4.07. The lowest BCUT2D eigenvalue weighted by molar-refractivity contribution is 0.103. The van der Waals surface area contributed by atoms with E-state index in [0.29, 0.717) is 30.0 Å². The van der Waals surface area contributed by atoms with Crippen LogP contribution in [0.2, 0.25) is 0 Å². The highest BCUT2D eigenvalue weighted by Crippen LogP contribution is 2.32. The number of sulfone groups is 1. The largest absolute Gasteiger partial charge is 0.497 e. The van der Waals surface area contributed by atoms with Crippen LogP contribution >= 0.6 is 0 Å². The lowest BCUT2D eigenvalue weighted by Gasteiger charge is -2.07. The Labute approximate surface area is 179 Å². The molecule has 0 atom stereocenters. The van der Waals surface area contributed by atoms with E-state index < -0.39 is 26.5 Å². The Morgan fingerprint density at radius 1 is 1.10 bits per heavy atom. The molecular formula is C22H20N2O6S. The maximum Gasteiger partial charge on any atom is 0.262 e. The van der Waals surface area contributed by atoms with Crippen LogP contribution in [0.1, 0.15) is 21.5 Å². The number of rotatable bonds is 7. The first-order valence-electron chi connectivity index (χ1n) is 9.53. The van der Waals surface area contributed by atoms with E-state index in [1.54, 1.807) is 48.5 Å². The van der Waals surface area contributed by atoms with E-state index in [1.807, 2.05) is 6.92 Å². The van der Waals surface area contributed by atoms with Crippen molar-refractivity contribution < 1.29 is 27.2 Å². The number of aryl methyl sites for hydroxylation is 1. The molecule has 1 aromatic heterocycles. The van der Waals surface area contributed by atoms with Gasteiger partial charge in [-0.3, -0.25) is 9.79 Å². The molecule has 0 spiro atoms. The van der Waals surface area contributed by atoms with Crippen LogP contribution in [0.25, 0.3) is 11.3 Å². The van der Waals surface area contributed by atoms with Crippen LogP contribution in [0.15, 0.2) is 63.1 Å². The van der Waals surface area contributed by atoms with Crippen LogP contribution in [-0.2, 0) is 14.6 Å². The summed E-state index contributed by atoms with van der Waals surface area (Å²) in [5.41, 5.74) is 1.85. The van der Waals surface area contributed by atoms with Gasteiger partial charge in [-0.25, -0.2) is 8.42 Å². The molecule has 8 nitrogen and oxygen atoms in total. The molecule has 0 saturated heterocycles. The summed E-state index contributed by atoms with van der Waals surface area (Å²) in [6.45, 7) is 2.62. The van der Waals surface area contributed by atoms with Gasteiger partial charge in [-0.1, -0.05) is 35.0 Å². The second kappa shape index (κ2) is 8.35. The van der Waals surface area contributed by atoms with Crippen LogP contribution in [0, 0.1) is 6.92 Å². The molecule has 0 aliphatic carbocycles. The van der Waals surface area contributed by atoms with E-state index in [1.165, 1.54) is 7.11 Å². The minimum absolute atomic E-state index is 0.0936. The van der Waals surface area contributed by atoms with Gasteiger partial charge >= 0.3 is 0 Å². The molecule has 2 heterocycles. The first kappa shape index (κ1) is 20.8. The van der Waals surface area contributed by atoms with Crippen molar-refractivity contribution in [1.82, 2.24) is 5.16 Å². The number of carbonyl (C=O) groups excluding carboxylic acids is 1. The normalized spacial score (nSPS) is 13.5. The van der Waals surface area contributed by atoms with Gasteiger partial charge < -0.3 is 14.0 Å². The molecular weight excluding hydrogens is 420 g/mol. The van der Waals surface area contributed by atoms with Crippen LogP contribution in [0.3, 0.4) is 0 Å². The summed E-state index contributed by atoms with van der Waals surface area (Å²) in [6, 6.07) is 13.6. The van der Waals surface area contributed by atoms with E-state index in [4.69, 9.17) is 14.0 Å². The zero-order valence-corrected chi connectivity index (χ0v) is 17.8. The molecule has 2 aromatic carbocycles. The highest BCUT2D eigenvalue weighted by molar-refractivity contribution is 7.92. The quantitative estimate of drug-likeness (QED) is 0.520. The van der Waals surface area contributed by atoms with E-state index in [0.717, 1.165) is 5.56 Å². The summed E-state index contributed by atoms with van der Waals surface area (Å²) in [6.07, 6.45) is 0. The number of hydrogen-bond donors (Lipinski definition) is 0. The first-order valence-corrected chi connectivity index (χ1v) is 11.2. The molecule has 0 amide bonds. The van der Waals surface area contributed by atoms with E-state index in [2.05, 4.69) is 10.1 Å². The Morgan fingerprint density at radius 3 is 2.42 bits per heavy atom. The molecule has 9 heteroatoms. The number of carbonyl (C=O) groups is 1. The molecule has 0 radical (unpaired) electrons. The molecule has 1 aliphatic heterocycles. The summed E-state index contributed by atoms with van der Waals surface area (Å²) in [5, 5.41) is 3.45. The average Bonchev–Trinajstić information content (AvgIpc) is 3.44. The average molecular weight is 440 g/mol. The summed E-state index contributed by atoms with van der Waals surface area (Å²) >= 11 is 0. The van der Waals surface area contributed by atoms with E-state index in [-0.39, 0.29) is 17.2 Å². The number of nitrogens with zero attached hydrogens (tertiary/aromatic N) is 2. The number of aliphatic imine (C=N–C) groups is 1. The van der Waals surface area contributed by atoms with Gasteiger partial charge in [-0.15, -0.1) is 0 Å². The van der Waals surface area contributed by atoms with E-state index >= 15 is 0 Å². The topological polar surface area (TPSA) is 108 Å². The number of benzene rings is 2. The molecule has 0 unspecified atom stereocenters. The Kier molecular flexibility index (Phi) is 5.60. The fourth-order valence-electron chi connectivity index (χ4n) is 3.18. The second-order valence-corrected chi connectivity index (χ2v) is 8.89. The monoisotopic (exact) mass is 440 g/mol. The van der Waals surface area contributed by atoms with Crippen LogP contribution in [0.4, 0.5) is 0 Å². The van der Waals surface area contributed by atoms with Crippen LogP contribution < -0.4 is 4.74 Å². The van der Waals surface area contributed by atoms with Crippen molar-refractivity contribution in [2.45, 2.75) is 12.0 Å². The Bertz CT molecular complexity index is 1240. The molecule has 3 aromatic rings. The van der Waals surface area contributed by atoms with Crippen LogP contribution in [-0.4, -0.2) is 51.3 Å². The first-order chi connectivity index (χ1) is 14.9. The number of ketones is 1. The smallest absolute Gasteiger partial charge is 0.262 e. The zero-order valence-electron chi connectivity index (χ0n) is 17.0. The predicted octanol–water partition coefficient (Wildman–Crippen LogP) is 3.09. The molecule has 1 aliphatic rings. The second-order valence-electron chi connectivity index (χ2n) is 7.00. The van der Waals surface area contributed by atoms with Crippen molar-refractivity contribution in [3.63, 3.8) is 0 Å². The summed E-state index contributed by atoms with van der Waals surface area (Å²) in [4.78, 5) is 17.4. The summed E-state index contributed by atoms with van der Waals surface area (Å²) in [7, 11) is -2.53. The maximum absolute atomic E-state index is 13.4. The fourth-order valence-corrected chi connectivity index (χ4v) is 4.46. The molecule has 0 bridgehead atoms. The summed E-state index contributed by atoms with van der Waals surface area (Å²) < 4.78 is 41.8. The summed E-state index contributed by atoms with van der Waals surface area (Å²) in [5.74, 6) is -0.294. The molecule has 31 heavy (non-hydrogen) atoms. The Balaban J connectivity index is 1.84. The van der Waals surface area contributed by atoms with Gasteiger partial charge in [0.2, 0.25) is 9.84 Å². The van der Waals surface area contributed by atoms with Crippen molar-refractivity contribution >= 4 is 21.5 Å². The van der Waals surface area contributed by atoms with Crippen molar-refractivity contribution in [2.75, 3.05) is 26.0 Å². The van der Waals surface area contributed by atoms with Gasteiger partial charge in [0.25, 0.3) is 5.09 Å². The van der Waals surface area contributed by atoms with Gasteiger partial charge in [0.15, 0.2) is 11.7 Å². The highest BCUT2D eigenvalue weighted by atomic mass is 32.2. The van der Waals surface area contributed by atoms with Crippen molar-refractivity contribution in [3.05, 3.63) is 65.2 Å². The maximum atomic E-state index is 13.4. The van der Waals surface area contributed by atoms with Crippen LogP contribution in [0.5, 0.6) is 5.75 Å². The SMILES string of the molecule is COc1ccc(-c2noc(S(=O)(=O)CC3=NCCO3)c2C(=O)c2ccc(C)cc2)cc1. The van der Waals surface area contributed by atoms with Gasteiger partial charge in [0.1, 0.15) is 29.4 Å². The zero-order chi connectivity index (χ0) is 22.0. The highest BCUT2D eigenvalue weighted by Gasteiger charge is 2.34. The Hall–Kier alpha value is -3.46. The lowest BCUT2D eigenvalue weighted by Crippen LogP contribution is -2.18. The lowest BCUT2D eigenvalue weighted by atomic mass is 9.99. The fraction of sp³-hybridized carbons (Fsp3) is 0.227. The molecule has 0 N–H and O–H groups in total. The van der Waals surface area contributed by atoms with Gasteiger partial charge in [-0.2, -0.15) is 0 Å². The van der Waals surface area contributed by atoms with Gasteiger partial charge in [-0.05, 0) is 31.2 Å². The number of hydrogen-bond acceptors (Lipinski definition) is 8. The molecule has 0 saturated carbocycles. The third-order valence-electron chi connectivity index (χ3n) is 4.81. The number of ether oxygens (including phenoxy) is 2. The minimum Gasteiger partial charge on any atom is -0.497 e. The molecule has 4 rings (SSSR count). The van der Waals surface area contributed by atoms with Crippen molar-refractivity contribution in [2.24, 2.45) is 4.99 Å². The van der Waals surface area contributed by atoms with Crippen molar-refractivity contribution in [3.8, 4) is 17.0 Å². The van der Waals surface area contributed by atoms with E-state index in [9.17, 15) is 13.2 Å². The predicted molar refractivity (Wildman–Crippen MR) is 113 cm³/mol. The van der Waals surface area contributed by atoms with Crippen molar-refractivity contribution in [1.29, 1.82) is 0 Å². The molecule has 0 fully saturated rings. The van der Waals surface area contributed by atoms with Gasteiger partial charge in [0.05, 0.1) is 13.7 Å². The number of methoxy groups -OCH3 is 1. The van der Waals surface area contributed by atoms with Gasteiger partial charge in [0, 0.05) is 11.1 Å². The third-order valence-corrected chi connectivity index (χ3v) is 6.28.